The summed E-state index contributed by atoms with van der Waals surface area (Å²) in [6, 6.07) is 7.49. The van der Waals surface area contributed by atoms with E-state index in [1.165, 1.54) is 0 Å². The third kappa shape index (κ3) is 3.92. The standard InChI is InChI=1S/C16H20N2O4/c17-15(21)13(11-7-4-8-12(19)9-11)18-16(22)14(20)10-5-2-1-3-6-10/h1-3,5-6,11,13-14,20H,4,7-9H2,(H2,17,21)(H,18,22)/t11-,13-,14+/m1/s1. The second-order valence-electron chi connectivity index (χ2n) is 5.60. The monoisotopic (exact) mass is 304 g/mol. The summed E-state index contributed by atoms with van der Waals surface area (Å²) in [6.45, 7) is 0. The zero-order chi connectivity index (χ0) is 16.1. The van der Waals surface area contributed by atoms with E-state index in [0.717, 1.165) is 0 Å². The first-order valence-corrected chi connectivity index (χ1v) is 7.33. The van der Waals surface area contributed by atoms with Gasteiger partial charge in [0.2, 0.25) is 5.91 Å². The maximum absolute atomic E-state index is 12.1. The van der Waals surface area contributed by atoms with E-state index in [1.54, 1.807) is 30.3 Å². The van der Waals surface area contributed by atoms with Crippen molar-refractivity contribution in [2.24, 2.45) is 11.7 Å². The molecule has 6 nitrogen and oxygen atoms in total. The molecule has 0 aliphatic heterocycles. The molecule has 1 saturated carbocycles. The first-order valence-electron chi connectivity index (χ1n) is 7.33. The zero-order valence-corrected chi connectivity index (χ0v) is 12.2. The van der Waals surface area contributed by atoms with Crippen LogP contribution in [0.2, 0.25) is 0 Å². The van der Waals surface area contributed by atoms with Crippen molar-refractivity contribution in [3.63, 3.8) is 0 Å². The normalized spacial score (nSPS) is 21.0. The number of rotatable bonds is 5. The molecule has 0 radical (unpaired) electrons. The number of Topliss-reactive ketones (excluding diaryl/α,β-unsaturated/α-hetero) is 1. The maximum atomic E-state index is 12.1. The Morgan fingerprint density at radius 2 is 1.95 bits per heavy atom. The highest BCUT2D eigenvalue weighted by atomic mass is 16.3. The summed E-state index contributed by atoms with van der Waals surface area (Å²) in [6.07, 6.45) is 0.700. The fraction of sp³-hybridized carbons (Fsp3) is 0.438. The Labute approximate surface area is 128 Å². The van der Waals surface area contributed by atoms with Crippen LogP contribution in [0.25, 0.3) is 0 Å². The molecule has 0 aromatic heterocycles. The Morgan fingerprint density at radius 3 is 2.55 bits per heavy atom. The molecule has 4 N–H and O–H groups in total. The number of hydrogen-bond acceptors (Lipinski definition) is 4. The lowest BCUT2D eigenvalue weighted by Gasteiger charge is -2.28. The molecule has 1 aliphatic rings. The van der Waals surface area contributed by atoms with Gasteiger partial charge in [-0.25, -0.2) is 0 Å². The van der Waals surface area contributed by atoms with E-state index in [0.29, 0.717) is 24.8 Å². The first-order chi connectivity index (χ1) is 10.5. The molecule has 118 valence electrons. The van der Waals surface area contributed by atoms with Crippen molar-refractivity contribution in [2.45, 2.75) is 37.8 Å². The third-order valence-corrected chi connectivity index (χ3v) is 3.96. The summed E-state index contributed by atoms with van der Waals surface area (Å²) in [4.78, 5) is 35.3. The molecule has 6 heteroatoms. The fourth-order valence-electron chi connectivity index (χ4n) is 2.78. The lowest BCUT2D eigenvalue weighted by Crippen LogP contribution is -2.51. The highest BCUT2D eigenvalue weighted by Gasteiger charge is 2.33. The van der Waals surface area contributed by atoms with Gasteiger partial charge >= 0.3 is 0 Å². The van der Waals surface area contributed by atoms with Crippen molar-refractivity contribution < 1.29 is 19.5 Å². The Kier molecular flexibility index (Phi) is 5.27. The van der Waals surface area contributed by atoms with Crippen LogP contribution in [-0.2, 0) is 14.4 Å². The smallest absolute Gasteiger partial charge is 0.254 e. The molecule has 1 aliphatic carbocycles. The van der Waals surface area contributed by atoms with E-state index >= 15 is 0 Å². The van der Waals surface area contributed by atoms with Crippen LogP contribution in [0.15, 0.2) is 30.3 Å². The average Bonchev–Trinajstić information content (AvgIpc) is 2.52. The Morgan fingerprint density at radius 1 is 1.27 bits per heavy atom. The average molecular weight is 304 g/mol. The molecule has 0 bridgehead atoms. The van der Waals surface area contributed by atoms with E-state index in [9.17, 15) is 19.5 Å². The van der Waals surface area contributed by atoms with Gasteiger partial charge in [0.15, 0.2) is 6.10 Å². The minimum absolute atomic E-state index is 0.0698. The summed E-state index contributed by atoms with van der Waals surface area (Å²) >= 11 is 0. The van der Waals surface area contributed by atoms with Gasteiger partial charge in [-0.1, -0.05) is 30.3 Å². The van der Waals surface area contributed by atoms with Gasteiger partial charge in [0, 0.05) is 12.8 Å². The predicted molar refractivity (Wildman–Crippen MR) is 79.5 cm³/mol. The number of carbonyl (C=O) groups is 3. The van der Waals surface area contributed by atoms with Gasteiger partial charge in [-0.3, -0.25) is 14.4 Å². The Balaban J connectivity index is 2.06. The lowest BCUT2D eigenvalue weighted by atomic mass is 9.82. The molecule has 2 amide bonds. The molecular weight excluding hydrogens is 284 g/mol. The number of benzene rings is 1. The van der Waals surface area contributed by atoms with E-state index in [1.807, 2.05) is 0 Å². The molecule has 22 heavy (non-hydrogen) atoms. The van der Waals surface area contributed by atoms with Gasteiger partial charge in [-0.05, 0) is 24.3 Å². The molecule has 0 saturated heterocycles. The zero-order valence-electron chi connectivity index (χ0n) is 12.2. The summed E-state index contributed by atoms with van der Waals surface area (Å²) in [5, 5.41) is 12.5. The van der Waals surface area contributed by atoms with Gasteiger partial charge in [0.05, 0.1) is 0 Å². The number of carbonyl (C=O) groups excluding carboxylic acids is 3. The van der Waals surface area contributed by atoms with Crippen LogP contribution in [0.5, 0.6) is 0 Å². The summed E-state index contributed by atoms with van der Waals surface area (Å²) in [5.74, 6) is -1.60. The van der Waals surface area contributed by atoms with E-state index < -0.39 is 24.0 Å². The summed E-state index contributed by atoms with van der Waals surface area (Å²) in [5.41, 5.74) is 5.79. The first kappa shape index (κ1) is 16.2. The van der Waals surface area contributed by atoms with E-state index in [-0.39, 0.29) is 18.1 Å². The van der Waals surface area contributed by atoms with Gasteiger partial charge in [-0.2, -0.15) is 0 Å². The van der Waals surface area contributed by atoms with Crippen LogP contribution in [0.4, 0.5) is 0 Å². The van der Waals surface area contributed by atoms with Crippen molar-refractivity contribution in [3.05, 3.63) is 35.9 Å². The number of primary amides is 1. The Bertz CT molecular complexity index is 559. The largest absolute Gasteiger partial charge is 0.378 e. The Hall–Kier alpha value is -2.21. The maximum Gasteiger partial charge on any atom is 0.254 e. The van der Waals surface area contributed by atoms with Crippen LogP contribution in [0, 0.1) is 5.92 Å². The highest BCUT2D eigenvalue weighted by Crippen LogP contribution is 2.25. The molecule has 1 fully saturated rings. The molecule has 0 spiro atoms. The number of amides is 2. The molecule has 3 atom stereocenters. The summed E-state index contributed by atoms with van der Waals surface area (Å²) in [7, 11) is 0. The van der Waals surface area contributed by atoms with Crippen molar-refractivity contribution >= 4 is 17.6 Å². The second kappa shape index (κ2) is 7.17. The minimum atomic E-state index is -1.37. The van der Waals surface area contributed by atoms with Crippen LogP contribution < -0.4 is 11.1 Å². The van der Waals surface area contributed by atoms with Crippen molar-refractivity contribution in [1.82, 2.24) is 5.32 Å². The quantitative estimate of drug-likeness (QED) is 0.733. The van der Waals surface area contributed by atoms with Gasteiger partial charge < -0.3 is 16.2 Å². The molecular formula is C16H20N2O4. The molecule has 0 unspecified atom stereocenters. The van der Waals surface area contributed by atoms with Gasteiger partial charge in [0.25, 0.3) is 5.91 Å². The van der Waals surface area contributed by atoms with Crippen molar-refractivity contribution in [2.75, 3.05) is 0 Å². The van der Waals surface area contributed by atoms with Gasteiger partial charge in [0.1, 0.15) is 11.8 Å². The predicted octanol–water partition coefficient (Wildman–Crippen LogP) is 0.449. The van der Waals surface area contributed by atoms with E-state index in [2.05, 4.69) is 5.32 Å². The van der Waals surface area contributed by atoms with E-state index in [4.69, 9.17) is 5.73 Å². The van der Waals surface area contributed by atoms with Crippen LogP contribution in [0.1, 0.15) is 37.4 Å². The van der Waals surface area contributed by atoms with Crippen LogP contribution in [0.3, 0.4) is 0 Å². The highest BCUT2D eigenvalue weighted by molar-refractivity contribution is 5.90. The fourth-order valence-corrected chi connectivity index (χ4v) is 2.78. The molecule has 1 aromatic carbocycles. The summed E-state index contributed by atoms with van der Waals surface area (Å²) < 4.78 is 0. The molecule has 0 heterocycles. The number of nitrogens with two attached hydrogens (primary N) is 1. The number of hydrogen-bond donors (Lipinski definition) is 3. The van der Waals surface area contributed by atoms with Gasteiger partial charge in [-0.15, -0.1) is 0 Å². The van der Waals surface area contributed by atoms with Crippen molar-refractivity contribution in [1.29, 1.82) is 0 Å². The number of aliphatic hydroxyl groups excluding tert-OH is 1. The minimum Gasteiger partial charge on any atom is -0.378 e. The number of aliphatic hydroxyl groups is 1. The molecule has 2 rings (SSSR count). The van der Waals surface area contributed by atoms with Crippen LogP contribution >= 0.6 is 0 Å². The third-order valence-electron chi connectivity index (χ3n) is 3.96. The SMILES string of the molecule is NC(=O)[C@H](NC(=O)[C@@H](O)c1ccccc1)[C@@H]1CCCC(=O)C1. The number of ketones is 1. The number of nitrogens with one attached hydrogen (secondary N) is 1. The molecule has 1 aromatic rings. The topological polar surface area (TPSA) is 109 Å². The van der Waals surface area contributed by atoms with Crippen molar-refractivity contribution in [3.8, 4) is 0 Å². The van der Waals surface area contributed by atoms with Crippen LogP contribution in [-0.4, -0.2) is 28.7 Å². The second-order valence-corrected chi connectivity index (χ2v) is 5.60. The lowest BCUT2D eigenvalue weighted by molar-refractivity contribution is -0.135.